The Morgan fingerprint density at radius 3 is 2.96 bits per heavy atom. The Labute approximate surface area is 149 Å². The van der Waals surface area contributed by atoms with Gasteiger partial charge in [-0.1, -0.05) is 26.0 Å². The average molecular weight is 343 g/mol. The van der Waals surface area contributed by atoms with Crippen molar-refractivity contribution in [1.29, 1.82) is 0 Å². The number of hydrogen-bond acceptors (Lipinski definition) is 2. The standard InChI is InChI=1S/C20H26N2OS/c1-4-20(2,19(23)24)13-9-15-14-6-5-7-16-18(14)12(10-21-16)8-17(15)22(3)11-13/h5-7,10,13,15,17,21H,4,8-9,11H2,1-3H3,(H,23,24)/t13-,15?,17-,20?/m1/s1. The van der Waals surface area contributed by atoms with Crippen LogP contribution in [0.3, 0.4) is 0 Å². The third kappa shape index (κ3) is 2.19. The van der Waals surface area contributed by atoms with E-state index >= 15 is 0 Å². The predicted octanol–water partition coefficient (Wildman–Crippen LogP) is 4.00. The molecule has 0 radical (unpaired) electrons. The van der Waals surface area contributed by atoms with Gasteiger partial charge in [-0.15, -0.1) is 12.6 Å². The number of likely N-dealkylation sites (tertiary alicyclic amines) is 1. The average Bonchev–Trinajstić information content (AvgIpc) is 2.99. The molecule has 0 bridgehead atoms. The van der Waals surface area contributed by atoms with Crippen molar-refractivity contribution in [2.75, 3.05) is 13.6 Å². The van der Waals surface area contributed by atoms with Gasteiger partial charge in [-0.2, -0.15) is 0 Å². The van der Waals surface area contributed by atoms with Gasteiger partial charge in [0.05, 0.1) is 0 Å². The Morgan fingerprint density at radius 2 is 2.25 bits per heavy atom. The van der Waals surface area contributed by atoms with E-state index in [1.54, 1.807) is 0 Å². The number of piperidine rings is 1. The first-order valence-electron chi connectivity index (χ1n) is 8.98. The number of benzene rings is 1. The summed E-state index contributed by atoms with van der Waals surface area (Å²) in [5.74, 6) is 0.855. The monoisotopic (exact) mass is 342 g/mol. The van der Waals surface area contributed by atoms with Gasteiger partial charge in [0.15, 0.2) is 5.12 Å². The number of nitrogens with one attached hydrogen (secondary N) is 1. The lowest BCUT2D eigenvalue weighted by molar-refractivity contribution is -0.123. The minimum absolute atomic E-state index is 0.0400. The second-order valence-electron chi connectivity index (χ2n) is 7.91. The molecule has 0 amide bonds. The maximum absolute atomic E-state index is 12.3. The smallest absolute Gasteiger partial charge is 0.192 e. The molecule has 4 atom stereocenters. The van der Waals surface area contributed by atoms with Crippen molar-refractivity contribution >= 4 is 28.6 Å². The Hall–Kier alpha value is -1.26. The highest BCUT2D eigenvalue weighted by molar-refractivity contribution is 7.96. The number of carbonyl (C=O) groups is 1. The van der Waals surface area contributed by atoms with E-state index in [4.69, 9.17) is 0 Å². The SMILES string of the molecule is CCC(C)(C(=O)S)[C@@H]1CC2c3cccc4[nH]cc(c34)C[C@H]2N(C)C1. The number of aromatic nitrogens is 1. The molecule has 2 aliphatic rings. The first-order valence-corrected chi connectivity index (χ1v) is 9.43. The molecule has 1 saturated heterocycles. The molecule has 3 nitrogen and oxygen atoms in total. The van der Waals surface area contributed by atoms with Gasteiger partial charge < -0.3 is 9.88 Å². The van der Waals surface area contributed by atoms with Crippen LogP contribution < -0.4 is 0 Å². The molecule has 1 fully saturated rings. The van der Waals surface area contributed by atoms with E-state index in [2.05, 4.69) is 67.8 Å². The lowest BCUT2D eigenvalue weighted by atomic mass is 9.65. The lowest BCUT2D eigenvalue weighted by Crippen LogP contribution is -2.52. The largest absolute Gasteiger partial charge is 0.361 e. The third-order valence-corrected chi connectivity index (χ3v) is 7.36. The summed E-state index contributed by atoms with van der Waals surface area (Å²) >= 11 is 4.24. The topological polar surface area (TPSA) is 36.1 Å². The van der Waals surface area contributed by atoms with Crippen LogP contribution in [-0.2, 0) is 11.2 Å². The van der Waals surface area contributed by atoms with Crippen LogP contribution in [0.4, 0.5) is 0 Å². The highest BCUT2D eigenvalue weighted by atomic mass is 32.1. The van der Waals surface area contributed by atoms with Crippen molar-refractivity contribution in [1.82, 2.24) is 9.88 Å². The number of nitrogens with zero attached hydrogens (tertiary/aromatic N) is 1. The molecule has 4 heteroatoms. The highest BCUT2D eigenvalue weighted by Gasteiger charge is 2.46. The van der Waals surface area contributed by atoms with E-state index in [1.807, 2.05) is 0 Å². The number of rotatable bonds is 3. The summed E-state index contributed by atoms with van der Waals surface area (Å²) in [6.45, 7) is 5.20. The van der Waals surface area contributed by atoms with Crippen LogP contribution in [0.25, 0.3) is 10.9 Å². The van der Waals surface area contributed by atoms with E-state index in [0.29, 0.717) is 17.9 Å². The number of H-pyrrole nitrogens is 1. The van der Waals surface area contributed by atoms with Crippen LogP contribution in [0, 0.1) is 11.3 Å². The summed E-state index contributed by atoms with van der Waals surface area (Å²) in [6.07, 6.45) is 5.21. The highest BCUT2D eigenvalue weighted by Crippen LogP contribution is 2.49. The molecular weight excluding hydrogens is 316 g/mol. The summed E-state index contributed by atoms with van der Waals surface area (Å²) in [5, 5.41) is 1.46. The Morgan fingerprint density at radius 1 is 1.46 bits per heavy atom. The molecule has 128 valence electrons. The molecule has 2 aromatic rings. The first-order chi connectivity index (χ1) is 11.5. The molecule has 1 aliphatic heterocycles. The van der Waals surface area contributed by atoms with E-state index in [-0.39, 0.29) is 10.5 Å². The molecule has 1 aliphatic carbocycles. The van der Waals surface area contributed by atoms with E-state index < -0.39 is 0 Å². The lowest BCUT2D eigenvalue weighted by Gasteiger charge is -2.49. The molecule has 24 heavy (non-hydrogen) atoms. The molecule has 1 N–H and O–H groups in total. The minimum atomic E-state index is -0.339. The van der Waals surface area contributed by atoms with Crippen LogP contribution in [-0.4, -0.2) is 34.6 Å². The van der Waals surface area contributed by atoms with Crippen molar-refractivity contribution in [3.63, 3.8) is 0 Å². The fourth-order valence-electron chi connectivity index (χ4n) is 5.02. The fraction of sp³-hybridized carbons (Fsp3) is 0.550. The van der Waals surface area contributed by atoms with Gasteiger partial charge in [0.1, 0.15) is 0 Å². The van der Waals surface area contributed by atoms with Crippen molar-refractivity contribution < 1.29 is 4.79 Å². The quantitative estimate of drug-likeness (QED) is 0.827. The van der Waals surface area contributed by atoms with Crippen molar-refractivity contribution in [2.45, 2.75) is 45.1 Å². The Kier molecular flexibility index (Phi) is 3.81. The first kappa shape index (κ1) is 16.2. The summed E-state index contributed by atoms with van der Waals surface area (Å²) in [7, 11) is 2.22. The van der Waals surface area contributed by atoms with E-state index in [0.717, 1.165) is 25.8 Å². The minimum Gasteiger partial charge on any atom is -0.361 e. The Balaban J connectivity index is 1.77. The maximum Gasteiger partial charge on any atom is 0.192 e. The molecule has 4 rings (SSSR count). The second-order valence-corrected chi connectivity index (χ2v) is 8.32. The number of hydrogen-bond donors (Lipinski definition) is 2. The maximum atomic E-state index is 12.3. The van der Waals surface area contributed by atoms with E-state index in [9.17, 15) is 4.79 Å². The molecule has 1 aromatic carbocycles. The Bertz CT molecular complexity index is 798. The van der Waals surface area contributed by atoms with Gasteiger partial charge in [0, 0.05) is 41.0 Å². The fourth-order valence-corrected chi connectivity index (χ4v) is 5.36. The zero-order valence-corrected chi connectivity index (χ0v) is 15.6. The third-order valence-electron chi connectivity index (χ3n) is 6.85. The van der Waals surface area contributed by atoms with Gasteiger partial charge in [-0.05, 0) is 49.4 Å². The number of likely N-dealkylation sites (N-methyl/N-ethyl adjacent to an activating group) is 1. The number of fused-ring (bicyclic) bond motifs is 2. The summed E-state index contributed by atoms with van der Waals surface area (Å²) < 4.78 is 0. The van der Waals surface area contributed by atoms with Gasteiger partial charge in [-0.3, -0.25) is 4.79 Å². The van der Waals surface area contributed by atoms with Gasteiger partial charge in [-0.25, -0.2) is 0 Å². The van der Waals surface area contributed by atoms with Crippen LogP contribution in [0.15, 0.2) is 24.4 Å². The normalized spacial score (nSPS) is 29.2. The number of thiol groups is 1. The van der Waals surface area contributed by atoms with E-state index in [1.165, 1.54) is 22.0 Å². The van der Waals surface area contributed by atoms with Crippen LogP contribution in [0.5, 0.6) is 0 Å². The van der Waals surface area contributed by atoms with Crippen molar-refractivity contribution in [2.24, 2.45) is 11.3 Å². The summed E-state index contributed by atoms with van der Waals surface area (Å²) in [6, 6.07) is 7.15. The predicted molar refractivity (Wildman–Crippen MR) is 102 cm³/mol. The summed E-state index contributed by atoms with van der Waals surface area (Å²) in [4.78, 5) is 18.2. The molecule has 1 aromatic heterocycles. The number of aromatic amines is 1. The van der Waals surface area contributed by atoms with Crippen LogP contribution in [0.2, 0.25) is 0 Å². The van der Waals surface area contributed by atoms with Gasteiger partial charge in [0.2, 0.25) is 0 Å². The van der Waals surface area contributed by atoms with Crippen LogP contribution in [0.1, 0.15) is 43.7 Å². The van der Waals surface area contributed by atoms with Gasteiger partial charge >= 0.3 is 0 Å². The second kappa shape index (κ2) is 5.63. The molecule has 2 heterocycles. The summed E-state index contributed by atoms with van der Waals surface area (Å²) in [5.41, 5.74) is 3.81. The van der Waals surface area contributed by atoms with Crippen molar-refractivity contribution in [3.8, 4) is 0 Å². The zero-order valence-electron chi connectivity index (χ0n) is 14.7. The number of carbonyl (C=O) groups excluding carboxylic acids is 1. The molecule has 0 spiro atoms. The zero-order chi connectivity index (χ0) is 17.1. The molecule has 0 saturated carbocycles. The molecule has 2 unspecified atom stereocenters. The van der Waals surface area contributed by atoms with Gasteiger partial charge in [0.25, 0.3) is 0 Å². The van der Waals surface area contributed by atoms with Crippen LogP contribution >= 0.6 is 12.6 Å². The van der Waals surface area contributed by atoms with Crippen molar-refractivity contribution in [3.05, 3.63) is 35.5 Å². The molecular formula is C20H26N2OS.